The van der Waals surface area contributed by atoms with E-state index in [-0.39, 0.29) is 21.8 Å². The molecule has 1 unspecified atom stereocenters. The lowest BCUT2D eigenvalue weighted by molar-refractivity contribution is 0.579. The van der Waals surface area contributed by atoms with Crippen molar-refractivity contribution in [2.45, 2.75) is 23.6 Å². The number of alkyl halides is 1. The molecule has 0 fully saturated rings. The van der Waals surface area contributed by atoms with Crippen molar-refractivity contribution in [3.8, 4) is 0 Å². The zero-order valence-electron chi connectivity index (χ0n) is 9.08. The molecular formula is C10H12Cl3NO2S. The van der Waals surface area contributed by atoms with Crippen LogP contribution in [0.4, 0.5) is 0 Å². The Morgan fingerprint density at radius 1 is 1.29 bits per heavy atom. The highest BCUT2D eigenvalue weighted by molar-refractivity contribution is 7.89. The van der Waals surface area contributed by atoms with Crippen molar-refractivity contribution < 1.29 is 8.42 Å². The molecule has 0 bridgehead atoms. The summed E-state index contributed by atoms with van der Waals surface area (Å²) in [5.41, 5.74) is 0. The van der Waals surface area contributed by atoms with E-state index in [1.807, 2.05) is 0 Å². The van der Waals surface area contributed by atoms with Gasteiger partial charge in [0.2, 0.25) is 10.0 Å². The average Bonchev–Trinajstić information content (AvgIpc) is 2.21. The normalized spacial score (nSPS) is 13.6. The van der Waals surface area contributed by atoms with Crippen molar-refractivity contribution in [2.75, 3.05) is 6.54 Å². The van der Waals surface area contributed by atoms with Gasteiger partial charge in [0.05, 0.1) is 14.9 Å². The van der Waals surface area contributed by atoms with Gasteiger partial charge in [-0.3, -0.25) is 0 Å². The minimum absolute atomic E-state index is 0.0773. The fourth-order valence-electron chi connectivity index (χ4n) is 1.12. The van der Waals surface area contributed by atoms with Crippen LogP contribution < -0.4 is 4.72 Å². The van der Waals surface area contributed by atoms with Crippen LogP contribution in [0.2, 0.25) is 10.0 Å². The Bertz CT molecular complexity index is 488. The molecule has 0 saturated carbocycles. The van der Waals surface area contributed by atoms with Crippen molar-refractivity contribution >= 4 is 44.8 Å². The standard InChI is InChI=1S/C10H12Cl3NO2S/c1-7(11)4-5-14-17(15,16)8-2-3-9(12)10(13)6-8/h2-3,6-7,14H,4-5H2,1H3. The van der Waals surface area contributed by atoms with Gasteiger partial charge in [-0.2, -0.15) is 0 Å². The van der Waals surface area contributed by atoms with Crippen molar-refractivity contribution in [1.29, 1.82) is 0 Å². The molecule has 0 heterocycles. The number of hydrogen-bond donors (Lipinski definition) is 1. The molecule has 1 N–H and O–H groups in total. The van der Waals surface area contributed by atoms with Crippen LogP contribution in [0, 0.1) is 0 Å². The highest BCUT2D eigenvalue weighted by Gasteiger charge is 2.15. The van der Waals surface area contributed by atoms with Crippen molar-refractivity contribution in [1.82, 2.24) is 4.72 Å². The predicted molar refractivity (Wildman–Crippen MR) is 71.6 cm³/mol. The van der Waals surface area contributed by atoms with Crippen molar-refractivity contribution in [3.63, 3.8) is 0 Å². The molecule has 0 radical (unpaired) electrons. The number of benzene rings is 1. The molecule has 0 spiro atoms. The first-order valence-corrected chi connectivity index (χ1v) is 7.59. The van der Waals surface area contributed by atoms with Gasteiger partial charge in [-0.1, -0.05) is 23.2 Å². The van der Waals surface area contributed by atoms with E-state index in [1.54, 1.807) is 6.92 Å². The Labute approximate surface area is 116 Å². The third-order valence-corrected chi connectivity index (χ3v) is 4.45. The fraction of sp³-hybridized carbons (Fsp3) is 0.400. The minimum Gasteiger partial charge on any atom is -0.211 e. The Hall–Kier alpha value is -0.000000000000000111. The van der Waals surface area contributed by atoms with Crippen LogP contribution in [0.3, 0.4) is 0 Å². The Morgan fingerprint density at radius 2 is 1.94 bits per heavy atom. The van der Waals surface area contributed by atoms with Gasteiger partial charge in [-0.15, -0.1) is 11.6 Å². The molecular weight excluding hydrogens is 305 g/mol. The number of halogens is 3. The number of nitrogens with one attached hydrogen (secondary N) is 1. The van der Waals surface area contributed by atoms with Gasteiger partial charge in [0.1, 0.15) is 0 Å². The largest absolute Gasteiger partial charge is 0.240 e. The van der Waals surface area contributed by atoms with Crippen LogP contribution in [0.1, 0.15) is 13.3 Å². The minimum atomic E-state index is -3.55. The van der Waals surface area contributed by atoms with Crippen LogP contribution in [0.25, 0.3) is 0 Å². The summed E-state index contributed by atoms with van der Waals surface area (Å²) in [5.74, 6) is 0. The molecule has 0 amide bonds. The molecule has 0 aliphatic heterocycles. The van der Waals surface area contributed by atoms with E-state index in [1.165, 1.54) is 18.2 Å². The molecule has 1 atom stereocenters. The summed E-state index contributed by atoms with van der Waals surface area (Å²) in [4.78, 5) is 0.0918. The van der Waals surface area contributed by atoms with E-state index in [0.717, 1.165) is 0 Å². The second-order valence-corrected chi connectivity index (χ2v) is 6.87. The van der Waals surface area contributed by atoms with E-state index < -0.39 is 10.0 Å². The highest BCUT2D eigenvalue weighted by Crippen LogP contribution is 2.24. The molecule has 0 aromatic heterocycles. The lowest BCUT2D eigenvalue weighted by atomic mass is 10.3. The van der Waals surface area contributed by atoms with Crippen LogP contribution >= 0.6 is 34.8 Å². The first-order chi connectivity index (χ1) is 7.83. The number of hydrogen-bond acceptors (Lipinski definition) is 2. The second kappa shape index (κ2) is 6.25. The zero-order chi connectivity index (χ0) is 13.1. The van der Waals surface area contributed by atoms with Crippen LogP contribution in [-0.2, 0) is 10.0 Å². The van der Waals surface area contributed by atoms with E-state index >= 15 is 0 Å². The molecule has 1 aromatic rings. The molecule has 1 rings (SSSR count). The summed E-state index contributed by atoms with van der Waals surface area (Å²) in [7, 11) is -3.55. The summed E-state index contributed by atoms with van der Waals surface area (Å²) in [6.07, 6.45) is 0.558. The van der Waals surface area contributed by atoms with Gasteiger partial charge in [0.25, 0.3) is 0 Å². The Kier molecular flexibility index (Phi) is 5.54. The SMILES string of the molecule is CC(Cl)CCNS(=O)(=O)c1ccc(Cl)c(Cl)c1. The molecule has 0 aliphatic rings. The first kappa shape index (κ1) is 15.1. The van der Waals surface area contributed by atoms with Gasteiger partial charge in [0, 0.05) is 11.9 Å². The summed E-state index contributed by atoms with van der Waals surface area (Å²) in [5, 5.41) is 0.451. The Morgan fingerprint density at radius 3 is 2.47 bits per heavy atom. The summed E-state index contributed by atoms with van der Waals surface area (Å²) in [6.45, 7) is 2.09. The number of sulfonamides is 1. The average molecular weight is 317 g/mol. The molecule has 17 heavy (non-hydrogen) atoms. The zero-order valence-corrected chi connectivity index (χ0v) is 12.2. The van der Waals surface area contributed by atoms with Crippen molar-refractivity contribution in [2.24, 2.45) is 0 Å². The van der Waals surface area contributed by atoms with Crippen LogP contribution in [0.15, 0.2) is 23.1 Å². The topological polar surface area (TPSA) is 46.2 Å². The first-order valence-electron chi connectivity index (χ1n) is 4.91. The molecule has 1 aromatic carbocycles. The molecule has 0 aliphatic carbocycles. The van der Waals surface area contributed by atoms with Crippen molar-refractivity contribution in [3.05, 3.63) is 28.2 Å². The Balaban J connectivity index is 2.79. The third kappa shape index (κ3) is 4.64. The van der Waals surface area contributed by atoms with Crippen LogP contribution in [-0.4, -0.2) is 20.3 Å². The summed E-state index contributed by atoms with van der Waals surface area (Å²) in [6, 6.07) is 4.17. The lowest BCUT2D eigenvalue weighted by Gasteiger charge is -2.08. The van der Waals surface area contributed by atoms with E-state index in [2.05, 4.69) is 4.72 Å². The summed E-state index contributed by atoms with van der Waals surface area (Å²) >= 11 is 17.2. The maximum Gasteiger partial charge on any atom is 0.240 e. The maximum atomic E-state index is 11.8. The predicted octanol–water partition coefficient (Wildman–Crippen LogP) is 3.29. The summed E-state index contributed by atoms with van der Waals surface area (Å²) < 4.78 is 26.1. The molecule has 7 heteroatoms. The number of rotatable bonds is 5. The maximum absolute atomic E-state index is 11.8. The third-order valence-electron chi connectivity index (χ3n) is 2.04. The molecule has 96 valence electrons. The van der Waals surface area contributed by atoms with Gasteiger partial charge in [-0.05, 0) is 31.5 Å². The fourth-order valence-corrected chi connectivity index (χ4v) is 2.66. The molecule has 3 nitrogen and oxygen atoms in total. The van der Waals surface area contributed by atoms with E-state index in [4.69, 9.17) is 34.8 Å². The van der Waals surface area contributed by atoms with Gasteiger partial charge < -0.3 is 0 Å². The van der Waals surface area contributed by atoms with Gasteiger partial charge >= 0.3 is 0 Å². The highest BCUT2D eigenvalue weighted by atomic mass is 35.5. The van der Waals surface area contributed by atoms with Gasteiger partial charge in [0.15, 0.2) is 0 Å². The monoisotopic (exact) mass is 315 g/mol. The quantitative estimate of drug-likeness (QED) is 0.847. The second-order valence-electron chi connectivity index (χ2n) is 3.54. The van der Waals surface area contributed by atoms with E-state index in [0.29, 0.717) is 11.4 Å². The van der Waals surface area contributed by atoms with Crippen LogP contribution in [0.5, 0.6) is 0 Å². The van der Waals surface area contributed by atoms with Gasteiger partial charge in [-0.25, -0.2) is 13.1 Å². The lowest BCUT2D eigenvalue weighted by Crippen LogP contribution is -2.26. The molecule has 0 saturated heterocycles. The van der Waals surface area contributed by atoms with E-state index in [9.17, 15) is 8.42 Å². The smallest absolute Gasteiger partial charge is 0.211 e.